The summed E-state index contributed by atoms with van der Waals surface area (Å²) in [6.45, 7) is 6.07. The van der Waals surface area contributed by atoms with Gasteiger partial charge in [-0.15, -0.1) is 0 Å². The lowest BCUT2D eigenvalue weighted by atomic mass is 9.92. The Morgan fingerprint density at radius 3 is 2.56 bits per heavy atom. The fraction of sp³-hybridized carbons (Fsp3) is 0.167. The highest BCUT2D eigenvalue weighted by atomic mass is 19.1. The topological polar surface area (TPSA) is 112 Å². The van der Waals surface area contributed by atoms with Gasteiger partial charge in [-0.25, -0.2) is 9.37 Å². The number of anilines is 1. The summed E-state index contributed by atoms with van der Waals surface area (Å²) >= 11 is 0. The van der Waals surface area contributed by atoms with Crippen LogP contribution in [0.4, 0.5) is 10.1 Å². The summed E-state index contributed by atoms with van der Waals surface area (Å²) in [5.41, 5.74) is 6.82. The molecule has 0 saturated carbocycles. The van der Waals surface area contributed by atoms with Crippen molar-refractivity contribution in [3.05, 3.63) is 79.1 Å². The second kappa shape index (κ2) is 9.43. The van der Waals surface area contributed by atoms with E-state index in [0.29, 0.717) is 23.4 Å². The van der Waals surface area contributed by atoms with E-state index in [1.54, 1.807) is 36.9 Å². The fourth-order valence-corrected chi connectivity index (χ4v) is 4.65. The van der Waals surface area contributed by atoms with Crippen molar-refractivity contribution >= 4 is 33.5 Å². The largest absolute Gasteiger partial charge is 0.338 e. The molecule has 0 fully saturated rings. The van der Waals surface area contributed by atoms with E-state index in [4.69, 9.17) is 0 Å². The van der Waals surface area contributed by atoms with Gasteiger partial charge in [0.2, 0.25) is 5.91 Å². The molecule has 6 aromatic rings. The first kappa shape index (κ1) is 24.4. The van der Waals surface area contributed by atoms with Crippen LogP contribution in [0, 0.1) is 11.2 Å². The zero-order valence-corrected chi connectivity index (χ0v) is 21.7. The monoisotopic (exact) mass is 519 g/mol. The average Bonchev–Trinajstić information content (AvgIpc) is 3.52. The van der Waals surface area contributed by atoms with Crippen molar-refractivity contribution in [2.45, 2.75) is 27.2 Å². The van der Waals surface area contributed by atoms with Gasteiger partial charge in [-0.05, 0) is 52.9 Å². The number of H-pyrrole nitrogens is 2. The molecule has 9 heteroatoms. The molecule has 0 aliphatic rings. The molecule has 0 bridgehead atoms. The van der Waals surface area contributed by atoms with Crippen LogP contribution in [0.25, 0.3) is 55.7 Å². The molecule has 6 rings (SSSR count). The standard InChI is InChI=1S/C30H26FN7O/c1-30(2,3)13-27(39)35-20-10-18(14-32-15-20)24-12-23-26(16-34-24)37-38-28(23)25-11-22-21(8-9-33-29(22)36-25)17-4-6-19(31)7-5-17/h4-12,14-16H,13H2,1-3H3,(H,33,36)(H,35,39)(H,37,38). The molecule has 3 N–H and O–H groups in total. The minimum absolute atomic E-state index is 0.0607. The molecule has 0 atom stereocenters. The molecule has 0 aliphatic carbocycles. The van der Waals surface area contributed by atoms with E-state index in [0.717, 1.165) is 44.4 Å². The Kier molecular flexibility index (Phi) is 5.91. The van der Waals surface area contributed by atoms with Gasteiger partial charge in [0.25, 0.3) is 0 Å². The zero-order valence-electron chi connectivity index (χ0n) is 21.7. The Bertz CT molecular complexity index is 1830. The highest BCUT2D eigenvalue weighted by Gasteiger charge is 2.18. The molecule has 5 aromatic heterocycles. The number of nitrogens with zero attached hydrogens (tertiary/aromatic N) is 4. The lowest BCUT2D eigenvalue weighted by molar-refractivity contribution is -0.117. The third-order valence-electron chi connectivity index (χ3n) is 6.40. The number of hydrogen-bond acceptors (Lipinski definition) is 5. The van der Waals surface area contributed by atoms with Crippen LogP contribution in [0.3, 0.4) is 0 Å². The van der Waals surface area contributed by atoms with Crippen molar-refractivity contribution in [3.8, 4) is 33.8 Å². The van der Waals surface area contributed by atoms with Crippen molar-refractivity contribution in [3.63, 3.8) is 0 Å². The second-order valence-electron chi connectivity index (χ2n) is 10.7. The molecule has 1 aromatic carbocycles. The number of pyridine rings is 3. The summed E-state index contributed by atoms with van der Waals surface area (Å²) in [4.78, 5) is 29.2. The van der Waals surface area contributed by atoms with Gasteiger partial charge in [-0.3, -0.25) is 19.9 Å². The molecular formula is C30H26FN7O. The third-order valence-corrected chi connectivity index (χ3v) is 6.40. The molecule has 1 amide bonds. The van der Waals surface area contributed by atoms with Gasteiger partial charge in [-0.2, -0.15) is 5.10 Å². The summed E-state index contributed by atoms with van der Waals surface area (Å²) in [6.07, 6.45) is 7.21. The maximum absolute atomic E-state index is 13.5. The van der Waals surface area contributed by atoms with Gasteiger partial charge in [0, 0.05) is 35.2 Å². The highest BCUT2D eigenvalue weighted by Crippen LogP contribution is 2.34. The second-order valence-corrected chi connectivity index (χ2v) is 10.7. The number of hydrogen-bond donors (Lipinski definition) is 3. The fourth-order valence-electron chi connectivity index (χ4n) is 4.65. The van der Waals surface area contributed by atoms with Crippen molar-refractivity contribution in [2.75, 3.05) is 5.32 Å². The van der Waals surface area contributed by atoms with Crippen molar-refractivity contribution < 1.29 is 9.18 Å². The van der Waals surface area contributed by atoms with Crippen LogP contribution in [0.15, 0.2) is 73.3 Å². The van der Waals surface area contributed by atoms with E-state index in [1.807, 2.05) is 45.0 Å². The SMILES string of the molecule is CC(C)(C)CC(=O)Nc1cncc(-c2cc3c(-c4cc5c(-c6ccc(F)cc6)ccnc5[nH]4)n[nH]c3cn2)c1. The molecule has 5 heterocycles. The molecular weight excluding hydrogens is 493 g/mol. The first-order valence-electron chi connectivity index (χ1n) is 12.6. The number of carbonyl (C=O) groups excluding carboxylic acids is 1. The van der Waals surface area contributed by atoms with Gasteiger partial charge in [0.15, 0.2) is 0 Å². The summed E-state index contributed by atoms with van der Waals surface area (Å²) in [5, 5.41) is 12.3. The van der Waals surface area contributed by atoms with Crippen LogP contribution in [-0.4, -0.2) is 36.0 Å². The van der Waals surface area contributed by atoms with E-state index < -0.39 is 0 Å². The maximum atomic E-state index is 13.5. The quantitative estimate of drug-likeness (QED) is 0.233. The lowest BCUT2D eigenvalue weighted by Gasteiger charge is -2.17. The number of nitrogens with one attached hydrogen (secondary N) is 3. The van der Waals surface area contributed by atoms with E-state index >= 15 is 0 Å². The number of benzene rings is 1. The van der Waals surface area contributed by atoms with Crippen molar-refractivity contribution in [1.29, 1.82) is 0 Å². The molecule has 194 valence electrons. The van der Waals surface area contributed by atoms with Gasteiger partial charge >= 0.3 is 0 Å². The minimum Gasteiger partial charge on any atom is -0.338 e. The molecule has 0 unspecified atom stereocenters. The average molecular weight is 520 g/mol. The Labute approximate surface area is 223 Å². The van der Waals surface area contributed by atoms with Crippen LogP contribution < -0.4 is 5.32 Å². The van der Waals surface area contributed by atoms with Crippen LogP contribution in [0.1, 0.15) is 27.2 Å². The lowest BCUT2D eigenvalue weighted by Crippen LogP contribution is -2.19. The number of aromatic amines is 2. The predicted molar refractivity (Wildman–Crippen MR) is 150 cm³/mol. The highest BCUT2D eigenvalue weighted by molar-refractivity contribution is 6.00. The first-order valence-corrected chi connectivity index (χ1v) is 12.6. The van der Waals surface area contributed by atoms with Crippen LogP contribution >= 0.6 is 0 Å². The van der Waals surface area contributed by atoms with Crippen molar-refractivity contribution in [2.24, 2.45) is 5.41 Å². The Hall–Kier alpha value is -4.92. The number of carbonyl (C=O) groups is 1. The smallest absolute Gasteiger partial charge is 0.224 e. The van der Waals surface area contributed by atoms with Crippen LogP contribution in [0.2, 0.25) is 0 Å². The molecule has 0 saturated heterocycles. The summed E-state index contributed by atoms with van der Waals surface area (Å²) in [7, 11) is 0. The number of halogens is 1. The minimum atomic E-state index is -0.278. The van der Waals surface area contributed by atoms with E-state index in [-0.39, 0.29) is 17.1 Å². The van der Waals surface area contributed by atoms with Gasteiger partial charge in [-0.1, -0.05) is 32.9 Å². The molecule has 39 heavy (non-hydrogen) atoms. The molecule has 0 spiro atoms. The third kappa shape index (κ3) is 4.98. The zero-order chi connectivity index (χ0) is 27.1. The van der Waals surface area contributed by atoms with Gasteiger partial charge in [0.05, 0.1) is 35.0 Å². The number of amides is 1. The Morgan fingerprint density at radius 2 is 1.77 bits per heavy atom. The normalized spacial score (nSPS) is 11.8. The molecule has 0 radical (unpaired) electrons. The summed E-state index contributed by atoms with van der Waals surface area (Å²) < 4.78 is 13.5. The summed E-state index contributed by atoms with van der Waals surface area (Å²) in [5.74, 6) is -0.339. The van der Waals surface area contributed by atoms with Crippen LogP contribution in [-0.2, 0) is 4.79 Å². The Balaban J connectivity index is 1.36. The number of rotatable bonds is 5. The first-order chi connectivity index (χ1) is 18.7. The molecule has 8 nitrogen and oxygen atoms in total. The summed E-state index contributed by atoms with van der Waals surface area (Å²) in [6, 6.07) is 14.1. The maximum Gasteiger partial charge on any atom is 0.224 e. The number of fused-ring (bicyclic) bond motifs is 2. The Morgan fingerprint density at radius 1 is 0.949 bits per heavy atom. The van der Waals surface area contributed by atoms with E-state index in [9.17, 15) is 9.18 Å². The van der Waals surface area contributed by atoms with Gasteiger partial charge in [0.1, 0.15) is 17.2 Å². The van der Waals surface area contributed by atoms with Crippen LogP contribution in [0.5, 0.6) is 0 Å². The van der Waals surface area contributed by atoms with Crippen molar-refractivity contribution in [1.82, 2.24) is 30.1 Å². The van der Waals surface area contributed by atoms with E-state index in [2.05, 4.69) is 35.5 Å². The van der Waals surface area contributed by atoms with Gasteiger partial charge < -0.3 is 10.3 Å². The molecule has 0 aliphatic heterocycles. The van der Waals surface area contributed by atoms with E-state index in [1.165, 1.54) is 12.1 Å². The number of aromatic nitrogens is 6. The predicted octanol–water partition coefficient (Wildman–Crippen LogP) is 6.74.